The third-order valence-corrected chi connectivity index (χ3v) is 3.11. The summed E-state index contributed by atoms with van der Waals surface area (Å²) in [6.07, 6.45) is 2.92. The van der Waals surface area contributed by atoms with E-state index in [-0.39, 0.29) is 11.9 Å². The Morgan fingerprint density at radius 2 is 1.94 bits per heavy atom. The van der Waals surface area contributed by atoms with Gasteiger partial charge in [0, 0.05) is 13.2 Å². The zero-order chi connectivity index (χ0) is 12.5. The molecule has 4 heteroatoms. The fourth-order valence-electron chi connectivity index (χ4n) is 2.09. The van der Waals surface area contributed by atoms with Crippen LogP contribution in [-0.2, 0) is 14.3 Å². The summed E-state index contributed by atoms with van der Waals surface area (Å²) in [4.78, 5) is 13.9. The fraction of sp³-hybridized carbons (Fsp3) is 0.923. The molecular formula is C13H25NO3. The lowest BCUT2D eigenvalue weighted by molar-refractivity contribution is -0.149. The number of carbonyl (C=O) groups is 1. The van der Waals surface area contributed by atoms with Crippen LogP contribution >= 0.6 is 0 Å². The Bertz CT molecular complexity index is 213. The van der Waals surface area contributed by atoms with E-state index in [9.17, 15) is 4.79 Å². The molecule has 1 aliphatic heterocycles. The van der Waals surface area contributed by atoms with Crippen molar-refractivity contribution in [2.24, 2.45) is 5.92 Å². The topological polar surface area (TPSA) is 38.8 Å². The number of likely N-dealkylation sites (tertiary alicyclic amines) is 1. The number of hydrogen-bond donors (Lipinski definition) is 0. The van der Waals surface area contributed by atoms with Gasteiger partial charge in [-0.15, -0.1) is 0 Å². The molecule has 1 aliphatic rings. The number of rotatable bonds is 7. The van der Waals surface area contributed by atoms with Gasteiger partial charge in [-0.05, 0) is 39.3 Å². The monoisotopic (exact) mass is 243 g/mol. The minimum atomic E-state index is -0.0191. The Morgan fingerprint density at radius 3 is 2.53 bits per heavy atom. The minimum absolute atomic E-state index is 0.0191. The molecule has 0 aromatic carbocycles. The zero-order valence-electron chi connectivity index (χ0n) is 11.1. The molecule has 4 nitrogen and oxygen atoms in total. The zero-order valence-corrected chi connectivity index (χ0v) is 11.1. The van der Waals surface area contributed by atoms with Gasteiger partial charge >= 0.3 is 5.97 Å². The number of nitrogens with zero attached hydrogens (tertiary/aromatic N) is 1. The maximum Gasteiger partial charge on any atom is 0.309 e. The van der Waals surface area contributed by atoms with Crippen molar-refractivity contribution in [3.05, 3.63) is 0 Å². The van der Waals surface area contributed by atoms with E-state index < -0.39 is 0 Å². The van der Waals surface area contributed by atoms with Gasteiger partial charge in [0.1, 0.15) is 0 Å². The standard InChI is InChI=1S/C13H25NO3/c1-3-10-16-11-9-14-7-5-12(6-8-14)13(15)17-4-2/h12H,3-11H2,1-2H3. The molecule has 17 heavy (non-hydrogen) atoms. The summed E-state index contributed by atoms with van der Waals surface area (Å²) in [6, 6.07) is 0. The molecule has 0 atom stereocenters. The second-order valence-electron chi connectivity index (χ2n) is 4.48. The summed E-state index contributed by atoms with van der Waals surface area (Å²) in [5, 5.41) is 0. The number of ether oxygens (including phenoxy) is 2. The van der Waals surface area contributed by atoms with Crippen LogP contribution < -0.4 is 0 Å². The number of piperidine rings is 1. The largest absolute Gasteiger partial charge is 0.466 e. The van der Waals surface area contributed by atoms with E-state index in [0.29, 0.717) is 6.61 Å². The molecule has 1 saturated heterocycles. The molecule has 0 aliphatic carbocycles. The summed E-state index contributed by atoms with van der Waals surface area (Å²) < 4.78 is 10.5. The van der Waals surface area contributed by atoms with Gasteiger partial charge in [-0.3, -0.25) is 4.79 Å². The maximum atomic E-state index is 11.5. The second kappa shape index (κ2) is 8.48. The van der Waals surface area contributed by atoms with Gasteiger partial charge in [-0.25, -0.2) is 0 Å². The molecule has 1 rings (SSSR count). The second-order valence-corrected chi connectivity index (χ2v) is 4.48. The molecule has 0 aromatic rings. The first-order valence-corrected chi connectivity index (χ1v) is 6.74. The molecule has 100 valence electrons. The average Bonchev–Trinajstić information content (AvgIpc) is 2.36. The fourth-order valence-corrected chi connectivity index (χ4v) is 2.09. The summed E-state index contributed by atoms with van der Waals surface area (Å²) in [5.41, 5.74) is 0. The van der Waals surface area contributed by atoms with E-state index in [1.54, 1.807) is 0 Å². The highest BCUT2D eigenvalue weighted by Gasteiger charge is 2.25. The van der Waals surface area contributed by atoms with Crippen LogP contribution in [0.3, 0.4) is 0 Å². The molecular weight excluding hydrogens is 218 g/mol. The Morgan fingerprint density at radius 1 is 1.24 bits per heavy atom. The first-order valence-electron chi connectivity index (χ1n) is 6.74. The van der Waals surface area contributed by atoms with Crippen LogP contribution in [0, 0.1) is 5.92 Å². The molecule has 0 radical (unpaired) electrons. The minimum Gasteiger partial charge on any atom is -0.466 e. The number of carbonyl (C=O) groups excluding carboxylic acids is 1. The van der Waals surface area contributed by atoms with Gasteiger partial charge in [-0.2, -0.15) is 0 Å². The van der Waals surface area contributed by atoms with Crippen LogP contribution in [0.2, 0.25) is 0 Å². The highest BCUT2D eigenvalue weighted by molar-refractivity contribution is 5.72. The van der Waals surface area contributed by atoms with Gasteiger partial charge in [0.25, 0.3) is 0 Å². The van der Waals surface area contributed by atoms with E-state index in [1.807, 2.05) is 6.92 Å². The molecule has 0 unspecified atom stereocenters. The third-order valence-electron chi connectivity index (χ3n) is 3.11. The molecule has 1 heterocycles. The quantitative estimate of drug-likeness (QED) is 0.504. The lowest BCUT2D eigenvalue weighted by Crippen LogP contribution is -2.38. The van der Waals surface area contributed by atoms with Crippen molar-refractivity contribution in [3.63, 3.8) is 0 Å². The predicted octanol–water partition coefficient (Wildman–Crippen LogP) is 1.69. The van der Waals surface area contributed by atoms with Crippen LogP contribution in [0.1, 0.15) is 33.1 Å². The van der Waals surface area contributed by atoms with Gasteiger partial charge < -0.3 is 14.4 Å². The molecule has 0 amide bonds. The average molecular weight is 243 g/mol. The van der Waals surface area contributed by atoms with Gasteiger partial charge in [0.15, 0.2) is 0 Å². The molecule has 0 bridgehead atoms. The van der Waals surface area contributed by atoms with Crippen LogP contribution in [0.4, 0.5) is 0 Å². The van der Waals surface area contributed by atoms with Crippen molar-refractivity contribution in [1.82, 2.24) is 4.90 Å². The summed E-state index contributed by atoms with van der Waals surface area (Å²) in [6.45, 7) is 9.07. The summed E-state index contributed by atoms with van der Waals surface area (Å²) in [5.74, 6) is 0.0946. The molecule has 1 fully saturated rings. The Balaban J connectivity index is 2.11. The molecule has 0 spiro atoms. The van der Waals surface area contributed by atoms with Gasteiger partial charge in [-0.1, -0.05) is 6.92 Å². The lowest BCUT2D eigenvalue weighted by Gasteiger charge is -2.30. The van der Waals surface area contributed by atoms with E-state index in [0.717, 1.165) is 52.1 Å². The number of esters is 1. The Labute approximate surface area is 104 Å². The van der Waals surface area contributed by atoms with Crippen LogP contribution in [0.25, 0.3) is 0 Å². The van der Waals surface area contributed by atoms with E-state index in [2.05, 4.69) is 11.8 Å². The normalized spacial score (nSPS) is 18.2. The van der Waals surface area contributed by atoms with Crippen molar-refractivity contribution >= 4 is 5.97 Å². The molecule has 0 saturated carbocycles. The first-order chi connectivity index (χ1) is 8.27. The summed E-state index contributed by atoms with van der Waals surface area (Å²) >= 11 is 0. The van der Waals surface area contributed by atoms with Crippen molar-refractivity contribution in [1.29, 1.82) is 0 Å². The van der Waals surface area contributed by atoms with E-state index in [1.165, 1.54) is 0 Å². The van der Waals surface area contributed by atoms with Gasteiger partial charge in [0.2, 0.25) is 0 Å². The first kappa shape index (κ1) is 14.5. The maximum absolute atomic E-state index is 11.5. The van der Waals surface area contributed by atoms with Crippen LogP contribution in [0.5, 0.6) is 0 Å². The molecule has 0 aromatic heterocycles. The highest BCUT2D eigenvalue weighted by Crippen LogP contribution is 2.18. The Kier molecular flexibility index (Phi) is 7.21. The lowest BCUT2D eigenvalue weighted by atomic mass is 9.97. The Hall–Kier alpha value is -0.610. The smallest absolute Gasteiger partial charge is 0.309 e. The van der Waals surface area contributed by atoms with E-state index in [4.69, 9.17) is 9.47 Å². The van der Waals surface area contributed by atoms with Crippen molar-refractivity contribution in [2.75, 3.05) is 39.5 Å². The highest BCUT2D eigenvalue weighted by atomic mass is 16.5. The summed E-state index contributed by atoms with van der Waals surface area (Å²) in [7, 11) is 0. The van der Waals surface area contributed by atoms with Crippen LogP contribution in [0.15, 0.2) is 0 Å². The third kappa shape index (κ3) is 5.50. The SMILES string of the molecule is CCCOCCN1CCC(C(=O)OCC)CC1. The van der Waals surface area contributed by atoms with E-state index >= 15 is 0 Å². The predicted molar refractivity (Wildman–Crippen MR) is 66.9 cm³/mol. The van der Waals surface area contributed by atoms with Crippen molar-refractivity contribution in [2.45, 2.75) is 33.1 Å². The van der Waals surface area contributed by atoms with Crippen LogP contribution in [-0.4, -0.2) is 50.3 Å². The van der Waals surface area contributed by atoms with Gasteiger partial charge in [0.05, 0.1) is 19.1 Å². The van der Waals surface area contributed by atoms with Crippen molar-refractivity contribution in [3.8, 4) is 0 Å². The molecule has 0 N–H and O–H groups in total. The number of hydrogen-bond acceptors (Lipinski definition) is 4. The van der Waals surface area contributed by atoms with Crippen molar-refractivity contribution < 1.29 is 14.3 Å².